The van der Waals surface area contributed by atoms with Crippen LogP contribution < -0.4 is 4.90 Å². The molecule has 3 nitrogen and oxygen atoms in total. The van der Waals surface area contributed by atoms with E-state index in [0.717, 1.165) is 12.2 Å². The van der Waals surface area contributed by atoms with Crippen LogP contribution in [0, 0.1) is 18.3 Å². The Bertz CT molecular complexity index is 366. The first-order chi connectivity index (χ1) is 7.31. The van der Waals surface area contributed by atoms with E-state index in [1.54, 1.807) is 0 Å². The Kier molecular flexibility index (Phi) is 2.89. The quantitative estimate of drug-likeness (QED) is 0.695. The highest BCUT2D eigenvalue weighted by Crippen LogP contribution is 2.19. The summed E-state index contributed by atoms with van der Waals surface area (Å²) in [6, 6.07) is 10.4. The standard InChI is InChI=1S/C12H14N2O/c1-10-2-4-11(5-3-10)14-6-7-15-9-12(14)8-13/h2-5,12H,6-7,9H2,1H3. The predicted octanol–water partition coefficient (Wildman–Crippen LogP) is 1.72. The molecule has 1 aromatic rings. The van der Waals surface area contributed by atoms with Gasteiger partial charge >= 0.3 is 0 Å². The van der Waals surface area contributed by atoms with Crippen LogP contribution in [0.3, 0.4) is 0 Å². The van der Waals surface area contributed by atoms with Gasteiger partial charge in [0.2, 0.25) is 0 Å². The van der Waals surface area contributed by atoms with E-state index >= 15 is 0 Å². The van der Waals surface area contributed by atoms with Gasteiger partial charge in [0.05, 0.1) is 19.3 Å². The minimum atomic E-state index is -0.151. The summed E-state index contributed by atoms with van der Waals surface area (Å²) in [5.41, 5.74) is 2.34. The van der Waals surface area contributed by atoms with E-state index in [1.807, 2.05) is 0 Å². The van der Waals surface area contributed by atoms with E-state index < -0.39 is 0 Å². The maximum absolute atomic E-state index is 9.01. The SMILES string of the molecule is Cc1ccc(N2CCOCC2C#N)cc1. The maximum atomic E-state index is 9.01. The number of ether oxygens (including phenoxy) is 1. The lowest BCUT2D eigenvalue weighted by atomic mass is 10.1. The summed E-state index contributed by atoms with van der Waals surface area (Å²) in [6.07, 6.45) is 0. The third-order valence-electron chi connectivity index (χ3n) is 2.64. The number of aryl methyl sites for hydroxylation is 1. The molecule has 0 amide bonds. The zero-order valence-electron chi connectivity index (χ0n) is 8.81. The van der Waals surface area contributed by atoms with Crippen LogP contribution in [0.1, 0.15) is 5.56 Å². The van der Waals surface area contributed by atoms with Crippen molar-refractivity contribution < 1.29 is 4.74 Å². The van der Waals surface area contributed by atoms with Gasteiger partial charge in [0.1, 0.15) is 6.04 Å². The zero-order valence-corrected chi connectivity index (χ0v) is 8.81. The highest BCUT2D eigenvalue weighted by atomic mass is 16.5. The summed E-state index contributed by atoms with van der Waals surface area (Å²) < 4.78 is 5.28. The molecule has 0 aliphatic carbocycles. The summed E-state index contributed by atoms with van der Waals surface area (Å²) in [5, 5.41) is 9.01. The fourth-order valence-corrected chi connectivity index (χ4v) is 1.76. The lowest BCUT2D eigenvalue weighted by Gasteiger charge is -2.33. The van der Waals surface area contributed by atoms with E-state index in [9.17, 15) is 0 Å². The maximum Gasteiger partial charge on any atom is 0.140 e. The van der Waals surface area contributed by atoms with Gasteiger partial charge in [0.15, 0.2) is 0 Å². The topological polar surface area (TPSA) is 36.3 Å². The van der Waals surface area contributed by atoms with E-state index in [1.165, 1.54) is 5.56 Å². The van der Waals surface area contributed by atoms with Gasteiger partial charge in [-0.15, -0.1) is 0 Å². The first kappa shape index (κ1) is 10.0. The van der Waals surface area contributed by atoms with Crippen molar-refractivity contribution in [2.75, 3.05) is 24.7 Å². The molecule has 0 radical (unpaired) electrons. The van der Waals surface area contributed by atoms with Crippen molar-refractivity contribution in [3.8, 4) is 6.07 Å². The molecule has 3 heteroatoms. The van der Waals surface area contributed by atoms with Crippen LogP contribution in [-0.4, -0.2) is 25.8 Å². The van der Waals surface area contributed by atoms with E-state index in [-0.39, 0.29) is 6.04 Å². The molecule has 0 spiro atoms. The van der Waals surface area contributed by atoms with Gasteiger partial charge in [0, 0.05) is 12.2 Å². The number of hydrogen-bond donors (Lipinski definition) is 0. The minimum Gasteiger partial charge on any atom is -0.376 e. The molecule has 1 aromatic carbocycles. The van der Waals surface area contributed by atoms with Crippen molar-refractivity contribution in [3.63, 3.8) is 0 Å². The molecule has 1 unspecified atom stereocenters. The fraction of sp³-hybridized carbons (Fsp3) is 0.417. The fourth-order valence-electron chi connectivity index (χ4n) is 1.76. The minimum absolute atomic E-state index is 0.151. The van der Waals surface area contributed by atoms with Crippen LogP contribution in [-0.2, 0) is 4.74 Å². The molecule has 15 heavy (non-hydrogen) atoms. The molecule has 1 aliphatic rings. The third-order valence-corrected chi connectivity index (χ3v) is 2.64. The van der Waals surface area contributed by atoms with Gasteiger partial charge in [-0.3, -0.25) is 0 Å². The monoisotopic (exact) mass is 202 g/mol. The molecule has 1 heterocycles. The van der Waals surface area contributed by atoms with Crippen molar-refractivity contribution in [1.82, 2.24) is 0 Å². The highest BCUT2D eigenvalue weighted by Gasteiger charge is 2.22. The van der Waals surface area contributed by atoms with Gasteiger partial charge in [-0.05, 0) is 19.1 Å². The number of nitrogens with zero attached hydrogens (tertiary/aromatic N) is 2. The average molecular weight is 202 g/mol. The molecular weight excluding hydrogens is 188 g/mol. The summed E-state index contributed by atoms with van der Waals surface area (Å²) in [7, 11) is 0. The smallest absolute Gasteiger partial charge is 0.140 e. The van der Waals surface area contributed by atoms with Crippen molar-refractivity contribution in [3.05, 3.63) is 29.8 Å². The Labute approximate surface area is 89.9 Å². The largest absolute Gasteiger partial charge is 0.376 e. The summed E-state index contributed by atoms with van der Waals surface area (Å²) in [5.74, 6) is 0. The second-order valence-corrected chi connectivity index (χ2v) is 3.75. The molecular formula is C12H14N2O. The number of anilines is 1. The normalized spacial score (nSPS) is 21.1. The number of rotatable bonds is 1. The lowest BCUT2D eigenvalue weighted by Crippen LogP contribution is -2.44. The van der Waals surface area contributed by atoms with E-state index in [4.69, 9.17) is 10.00 Å². The van der Waals surface area contributed by atoms with Crippen LogP contribution in [0.25, 0.3) is 0 Å². The van der Waals surface area contributed by atoms with Crippen LogP contribution >= 0.6 is 0 Å². The van der Waals surface area contributed by atoms with Crippen LogP contribution in [0.5, 0.6) is 0 Å². The Morgan fingerprint density at radius 1 is 1.40 bits per heavy atom. The van der Waals surface area contributed by atoms with Crippen molar-refractivity contribution in [1.29, 1.82) is 5.26 Å². The molecule has 0 N–H and O–H groups in total. The van der Waals surface area contributed by atoms with Crippen molar-refractivity contribution in [2.45, 2.75) is 13.0 Å². The van der Waals surface area contributed by atoms with Crippen molar-refractivity contribution >= 4 is 5.69 Å². The van der Waals surface area contributed by atoms with Gasteiger partial charge in [-0.1, -0.05) is 17.7 Å². The number of benzene rings is 1. The molecule has 78 valence electrons. The Morgan fingerprint density at radius 2 is 2.13 bits per heavy atom. The van der Waals surface area contributed by atoms with Gasteiger partial charge in [-0.25, -0.2) is 0 Å². The number of hydrogen-bond acceptors (Lipinski definition) is 3. The Hall–Kier alpha value is -1.53. The highest BCUT2D eigenvalue weighted by molar-refractivity contribution is 5.50. The Balaban J connectivity index is 2.21. The first-order valence-electron chi connectivity index (χ1n) is 5.12. The predicted molar refractivity (Wildman–Crippen MR) is 58.7 cm³/mol. The summed E-state index contributed by atoms with van der Waals surface area (Å²) in [4.78, 5) is 2.10. The molecule has 0 saturated carbocycles. The van der Waals surface area contributed by atoms with Crippen LogP contribution in [0.2, 0.25) is 0 Å². The first-order valence-corrected chi connectivity index (χ1v) is 5.12. The second-order valence-electron chi connectivity index (χ2n) is 3.75. The number of nitriles is 1. The van der Waals surface area contributed by atoms with Crippen LogP contribution in [0.15, 0.2) is 24.3 Å². The average Bonchev–Trinajstić information content (AvgIpc) is 2.30. The molecule has 1 saturated heterocycles. The number of morpholine rings is 1. The van der Waals surface area contributed by atoms with E-state index in [2.05, 4.69) is 42.2 Å². The van der Waals surface area contributed by atoms with E-state index in [0.29, 0.717) is 13.2 Å². The van der Waals surface area contributed by atoms with Crippen molar-refractivity contribution in [2.24, 2.45) is 0 Å². The molecule has 2 rings (SSSR count). The van der Waals surface area contributed by atoms with Gasteiger partial charge in [-0.2, -0.15) is 5.26 Å². The zero-order chi connectivity index (χ0) is 10.7. The van der Waals surface area contributed by atoms with Gasteiger partial charge in [0.25, 0.3) is 0 Å². The third kappa shape index (κ3) is 2.11. The van der Waals surface area contributed by atoms with Crippen LogP contribution in [0.4, 0.5) is 5.69 Å². The summed E-state index contributed by atoms with van der Waals surface area (Å²) in [6.45, 7) is 4.06. The van der Waals surface area contributed by atoms with Gasteiger partial charge < -0.3 is 9.64 Å². The molecule has 1 fully saturated rings. The Morgan fingerprint density at radius 3 is 2.80 bits per heavy atom. The summed E-state index contributed by atoms with van der Waals surface area (Å²) >= 11 is 0. The molecule has 0 bridgehead atoms. The molecule has 1 aliphatic heterocycles. The molecule has 0 aromatic heterocycles. The second kappa shape index (κ2) is 4.33. The lowest BCUT2D eigenvalue weighted by molar-refractivity contribution is 0.107. The molecule has 1 atom stereocenters.